The largest absolute Gasteiger partial charge is 0.370 e. The molecule has 0 saturated heterocycles. The van der Waals surface area contributed by atoms with Gasteiger partial charge in [-0.3, -0.25) is 4.79 Å². The van der Waals surface area contributed by atoms with E-state index in [1.54, 1.807) is 0 Å². The van der Waals surface area contributed by atoms with Gasteiger partial charge in [-0.05, 0) is 43.5 Å². The number of carbonyl (C=O) groups excluding carboxylic acids is 1. The first kappa shape index (κ1) is 21.3. The van der Waals surface area contributed by atoms with Crippen LogP contribution in [-0.4, -0.2) is 33.9 Å². The number of rotatable bonds is 11. The average molecular weight is 417 g/mol. The number of hydrogen-bond acceptors (Lipinski definition) is 4. The summed E-state index contributed by atoms with van der Waals surface area (Å²) in [5.41, 5.74) is 4.29. The summed E-state index contributed by atoms with van der Waals surface area (Å²) in [4.78, 5) is 14.5. The van der Waals surface area contributed by atoms with Gasteiger partial charge in [0, 0.05) is 30.8 Å². The molecule has 0 bridgehead atoms. The molecule has 1 aliphatic rings. The Kier molecular flexibility index (Phi) is 7.48. The molecule has 0 spiro atoms. The number of benzene rings is 2. The quantitative estimate of drug-likeness (QED) is 0.380. The normalized spacial score (nSPS) is 13.4. The van der Waals surface area contributed by atoms with Gasteiger partial charge in [0.2, 0.25) is 0 Å². The van der Waals surface area contributed by atoms with Crippen molar-refractivity contribution in [3.05, 3.63) is 72.1 Å². The molecule has 0 N–H and O–H groups in total. The van der Waals surface area contributed by atoms with Gasteiger partial charge in [-0.1, -0.05) is 67.6 Å². The minimum Gasteiger partial charge on any atom is -0.370 e. The summed E-state index contributed by atoms with van der Waals surface area (Å²) in [5.74, 6) is 0.287. The highest BCUT2D eigenvalue weighted by Crippen LogP contribution is 2.27. The molecule has 0 saturated carbocycles. The highest BCUT2D eigenvalue weighted by Gasteiger charge is 2.21. The molecule has 2 heterocycles. The molecule has 0 unspecified atom stereocenters. The zero-order valence-electron chi connectivity index (χ0n) is 18.2. The standard InChI is InChI=1S/C26H32N4O/c31-26-18-20-29(25-17-11-10-16-24(25)26)19-12-5-3-1-2-4-7-15-23-21-27-28-30(23)22-13-8-6-9-14-22/h6,8-11,13-14,16-17,21H,1-5,7,12,15,18-20H2. The van der Waals surface area contributed by atoms with Crippen molar-refractivity contribution < 1.29 is 4.79 Å². The first-order valence-corrected chi connectivity index (χ1v) is 11.6. The molecule has 5 heteroatoms. The van der Waals surface area contributed by atoms with Crippen LogP contribution < -0.4 is 4.90 Å². The van der Waals surface area contributed by atoms with Crippen molar-refractivity contribution in [2.24, 2.45) is 0 Å². The Bertz CT molecular complexity index is 966. The van der Waals surface area contributed by atoms with E-state index in [2.05, 4.69) is 33.4 Å². The second-order valence-electron chi connectivity index (χ2n) is 8.37. The predicted octanol–water partition coefficient (Wildman–Crippen LogP) is 5.63. The van der Waals surface area contributed by atoms with E-state index in [4.69, 9.17) is 0 Å². The number of Topliss-reactive ketones (excluding diaryl/α,β-unsaturated/α-hetero) is 1. The summed E-state index contributed by atoms with van der Waals surface area (Å²) >= 11 is 0. The third-order valence-electron chi connectivity index (χ3n) is 6.14. The van der Waals surface area contributed by atoms with E-state index < -0.39 is 0 Å². The van der Waals surface area contributed by atoms with E-state index in [0.29, 0.717) is 6.42 Å². The molecule has 1 aromatic heterocycles. The SMILES string of the molecule is O=C1CCN(CCCCCCCCCc2cnnn2-c2ccccc2)c2ccccc21. The summed E-state index contributed by atoms with van der Waals surface area (Å²) < 4.78 is 1.95. The number of anilines is 1. The maximum atomic E-state index is 12.1. The minimum atomic E-state index is 0.287. The number of aromatic nitrogens is 3. The van der Waals surface area contributed by atoms with Crippen LogP contribution in [0.1, 0.15) is 67.4 Å². The Balaban J connectivity index is 1.09. The van der Waals surface area contributed by atoms with Gasteiger partial charge < -0.3 is 4.90 Å². The van der Waals surface area contributed by atoms with E-state index in [-0.39, 0.29) is 5.78 Å². The van der Waals surface area contributed by atoms with Gasteiger partial charge in [0.1, 0.15) is 0 Å². The van der Waals surface area contributed by atoms with Crippen LogP contribution in [0.5, 0.6) is 0 Å². The highest BCUT2D eigenvalue weighted by atomic mass is 16.1. The molecule has 31 heavy (non-hydrogen) atoms. The summed E-state index contributed by atoms with van der Waals surface area (Å²) in [6.07, 6.45) is 12.3. The number of hydrogen-bond donors (Lipinski definition) is 0. The Morgan fingerprint density at radius 3 is 2.35 bits per heavy atom. The molecule has 162 valence electrons. The first-order valence-electron chi connectivity index (χ1n) is 11.6. The Labute approximate surface area is 185 Å². The van der Waals surface area contributed by atoms with Gasteiger partial charge in [0.15, 0.2) is 5.78 Å². The van der Waals surface area contributed by atoms with Crippen molar-refractivity contribution in [2.75, 3.05) is 18.0 Å². The number of nitrogens with zero attached hydrogens (tertiary/aromatic N) is 4. The summed E-state index contributed by atoms with van der Waals surface area (Å²) in [5, 5.41) is 8.33. The van der Waals surface area contributed by atoms with Crippen molar-refractivity contribution in [3.8, 4) is 5.69 Å². The van der Waals surface area contributed by atoms with E-state index in [0.717, 1.165) is 36.4 Å². The van der Waals surface area contributed by atoms with Crippen LogP contribution in [0.15, 0.2) is 60.8 Å². The number of carbonyl (C=O) groups is 1. The number of aryl methyl sites for hydroxylation is 1. The molecule has 0 radical (unpaired) electrons. The lowest BCUT2D eigenvalue weighted by Gasteiger charge is -2.30. The molecular formula is C26H32N4O. The molecule has 5 nitrogen and oxygen atoms in total. The van der Waals surface area contributed by atoms with Crippen molar-refractivity contribution in [2.45, 2.75) is 57.8 Å². The van der Waals surface area contributed by atoms with Crippen LogP contribution in [0.2, 0.25) is 0 Å². The smallest absolute Gasteiger partial charge is 0.166 e. The van der Waals surface area contributed by atoms with E-state index in [9.17, 15) is 4.79 Å². The Morgan fingerprint density at radius 1 is 0.806 bits per heavy atom. The number of fused-ring (bicyclic) bond motifs is 1. The molecule has 0 atom stereocenters. The van der Waals surface area contributed by atoms with Crippen LogP contribution in [0, 0.1) is 0 Å². The van der Waals surface area contributed by atoms with Gasteiger partial charge in [-0.15, -0.1) is 5.10 Å². The maximum absolute atomic E-state index is 12.1. The Morgan fingerprint density at radius 2 is 1.52 bits per heavy atom. The van der Waals surface area contributed by atoms with Gasteiger partial charge in [-0.25, -0.2) is 4.68 Å². The fourth-order valence-electron chi connectivity index (χ4n) is 4.42. The van der Waals surface area contributed by atoms with Crippen molar-refractivity contribution >= 4 is 11.5 Å². The minimum absolute atomic E-state index is 0.287. The van der Waals surface area contributed by atoms with Crippen molar-refractivity contribution in [3.63, 3.8) is 0 Å². The molecule has 0 amide bonds. The average Bonchev–Trinajstić information content (AvgIpc) is 3.28. The second-order valence-corrected chi connectivity index (χ2v) is 8.37. The van der Waals surface area contributed by atoms with Gasteiger partial charge in [0.05, 0.1) is 17.6 Å². The van der Waals surface area contributed by atoms with Crippen molar-refractivity contribution in [1.82, 2.24) is 15.0 Å². The molecule has 2 aromatic carbocycles. The number of unbranched alkanes of at least 4 members (excludes halogenated alkanes) is 6. The lowest BCUT2D eigenvalue weighted by Crippen LogP contribution is -2.32. The van der Waals surface area contributed by atoms with Crippen LogP contribution in [-0.2, 0) is 6.42 Å². The first-order chi connectivity index (χ1) is 15.3. The summed E-state index contributed by atoms with van der Waals surface area (Å²) in [7, 11) is 0. The van der Waals surface area contributed by atoms with E-state index in [1.807, 2.05) is 47.3 Å². The molecular weight excluding hydrogens is 384 g/mol. The number of ketones is 1. The van der Waals surface area contributed by atoms with Crippen LogP contribution in [0.25, 0.3) is 5.69 Å². The Hall–Kier alpha value is -2.95. The predicted molar refractivity (Wildman–Crippen MR) is 125 cm³/mol. The second kappa shape index (κ2) is 10.9. The van der Waals surface area contributed by atoms with Gasteiger partial charge >= 0.3 is 0 Å². The lowest BCUT2D eigenvalue weighted by atomic mass is 10.00. The highest BCUT2D eigenvalue weighted by molar-refractivity contribution is 6.03. The summed E-state index contributed by atoms with van der Waals surface area (Å²) in [6.45, 7) is 1.92. The molecule has 1 aliphatic heterocycles. The van der Waals surface area contributed by atoms with E-state index >= 15 is 0 Å². The maximum Gasteiger partial charge on any atom is 0.166 e. The fourth-order valence-corrected chi connectivity index (χ4v) is 4.42. The topological polar surface area (TPSA) is 51.0 Å². The molecule has 3 aromatic rings. The van der Waals surface area contributed by atoms with Crippen LogP contribution in [0.4, 0.5) is 5.69 Å². The third-order valence-corrected chi connectivity index (χ3v) is 6.14. The zero-order valence-corrected chi connectivity index (χ0v) is 18.2. The number of para-hydroxylation sites is 2. The zero-order chi connectivity index (χ0) is 21.3. The molecule has 4 rings (SSSR count). The molecule has 0 aliphatic carbocycles. The monoisotopic (exact) mass is 416 g/mol. The van der Waals surface area contributed by atoms with Crippen LogP contribution >= 0.6 is 0 Å². The fraction of sp³-hybridized carbons (Fsp3) is 0.423. The third kappa shape index (κ3) is 5.60. The summed E-state index contributed by atoms with van der Waals surface area (Å²) in [6, 6.07) is 18.3. The lowest BCUT2D eigenvalue weighted by molar-refractivity contribution is 0.0980. The van der Waals surface area contributed by atoms with E-state index in [1.165, 1.54) is 50.6 Å². The molecule has 0 fully saturated rings. The van der Waals surface area contributed by atoms with Crippen LogP contribution in [0.3, 0.4) is 0 Å². The van der Waals surface area contributed by atoms with Gasteiger partial charge in [0.25, 0.3) is 0 Å². The van der Waals surface area contributed by atoms with Gasteiger partial charge in [-0.2, -0.15) is 0 Å². The van der Waals surface area contributed by atoms with Crippen molar-refractivity contribution in [1.29, 1.82) is 0 Å².